The maximum absolute atomic E-state index is 13.2. The van der Waals surface area contributed by atoms with Crippen LogP contribution in [0, 0.1) is 13.8 Å². The first-order valence-corrected chi connectivity index (χ1v) is 10.8. The van der Waals surface area contributed by atoms with Gasteiger partial charge < -0.3 is 5.32 Å². The largest absolute Gasteiger partial charge is 0.325 e. The lowest BCUT2D eigenvalue weighted by molar-refractivity contribution is -0.114. The normalized spacial score (nSPS) is 11.1. The highest BCUT2D eigenvalue weighted by atomic mass is 35.5. The summed E-state index contributed by atoms with van der Waals surface area (Å²) in [7, 11) is -3.96. The van der Waals surface area contributed by atoms with Crippen LogP contribution in [0.5, 0.6) is 0 Å². The molecule has 0 aliphatic carbocycles. The molecule has 0 atom stereocenters. The minimum Gasteiger partial charge on any atom is -0.325 e. The number of rotatable bonds is 6. The molecule has 0 aliphatic rings. The zero-order valence-corrected chi connectivity index (χ0v) is 17.7. The molecular weight excluding hydrogens is 408 g/mol. The lowest BCUT2D eigenvalue weighted by atomic mass is 10.1. The first-order valence-electron chi connectivity index (χ1n) is 8.98. The fourth-order valence-electron chi connectivity index (χ4n) is 2.82. The molecule has 1 N–H and O–H groups in total. The van der Waals surface area contributed by atoms with Crippen molar-refractivity contribution in [1.82, 2.24) is 0 Å². The van der Waals surface area contributed by atoms with Crippen molar-refractivity contribution in [2.45, 2.75) is 18.7 Å². The predicted molar refractivity (Wildman–Crippen MR) is 117 cm³/mol. The number of aryl methyl sites for hydroxylation is 2. The summed E-state index contributed by atoms with van der Waals surface area (Å²) in [5.74, 6) is -0.451. The Morgan fingerprint density at radius 1 is 0.931 bits per heavy atom. The number of hydrogen-bond acceptors (Lipinski definition) is 3. The summed E-state index contributed by atoms with van der Waals surface area (Å²) in [5.41, 5.74) is 3.07. The molecule has 3 rings (SSSR count). The number of sulfonamides is 1. The van der Waals surface area contributed by atoms with Crippen LogP contribution >= 0.6 is 11.6 Å². The van der Waals surface area contributed by atoms with Crippen molar-refractivity contribution >= 4 is 38.9 Å². The van der Waals surface area contributed by atoms with Crippen molar-refractivity contribution < 1.29 is 13.2 Å². The Hall–Kier alpha value is -2.83. The Bertz CT molecular complexity index is 1130. The molecule has 0 fully saturated rings. The minimum absolute atomic E-state index is 0.0963. The molecule has 3 aromatic carbocycles. The first kappa shape index (κ1) is 20.9. The average molecular weight is 429 g/mol. The van der Waals surface area contributed by atoms with Crippen molar-refractivity contribution in [3.63, 3.8) is 0 Å². The molecule has 0 spiro atoms. The zero-order valence-electron chi connectivity index (χ0n) is 16.1. The van der Waals surface area contributed by atoms with Crippen molar-refractivity contribution in [2.24, 2.45) is 0 Å². The van der Waals surface area contributed by atoms with Gasteiger partial charge in [0.1, 0.15) is 6.54 Å². The number of anilines is 2. The number of carbonyl (C=O) groups excluding carboxylic acids is 1. The van der Waals surface area contributed by atoms with E-state index in [0.717, 1.165) is 15.4 Å². The minimum atomic E-state index is -3.96. The second-order valence-electron chi connectivity index (χ2n) is 6.65. The molecule has 0 aliphatic heterocycles. The third kappa shape index (κ3) is 4.96. The van der Waals surface area contributed by atoms with Crippen LogP contribution in [0.1, 0.15) is 11.1 Å². The van der Waals surface area contributed by atoms with E-state index in [9.17, 15) is 13.2 Å². The predicted octanol–water partition coefficient (Wildman–Crippen LogP) is 4.79. The van der Waals surface area contributed by atoms with Crippen LogP contribution in [0.3, 0.4) is 0 Å². The van der Waals surface area contributed by atoms with E-state index in [1.165, 1.54) is 18.2 Å². The molecule has 0 unspecified atom stereocenters. The second kappa shape index (κ2) is 8.68. The van der Waals surface area contributed by atoms with Crippen molar-refractivity contribution in [3.05, 3.63) is 88.9 Å². The van der Waals surface area contributed by atoms with Crippen LogP contribution in [0.15, 0.2) is 77.7 Å². The van der Waals surface area contributed by atoms with E-state index in [0.29, 0.717) is 16.4 Å². The molecule has 0 saturated carbocycles. The molecule has 29 heavy (non-hydrogen) atoms. The van der Waals surface area contributed by atoms with Gasteiger partial charge in [-0.15, -0.1) is 0 Å². The van der Waals surface area contributed by atoms with Crippen LogP contribution in [-0.2, 0) is 14.8 Å². The Balaban J connectivity index is 1.93. The molecule has 0 aromatic heterocycles. The van der Waals surface area contributed by atoms with E-state index in [-0.39, 0.29) is 11.4 Å². The molecule has 0 saturated heterocycles. The van der Waals surface area contributed by atoms with Crippen molar-refractivity contribution in [3.8, 4) is 0 Å². The van der Waals surface area contributed by atoms with Crippen LogP contribution in [0.25, 0.3) is 0 Å². The topological polar surface area (TPSA) is 66.5 Å². The highest BCUT2D eigenvalue weighted by molar-refractivity contribution is 7.92. The fraction of sp³-hybridized carbons (Fsp3) is 0.136. The van der Waals surface area contributed by atoms with Crippen LogP contribution in [-0.4, -0.2) is 20.9 Å². The number of halogens is 1. The van der Waals surface area contributed by atoms with Crippen LogP contribution in [0.4, 0.5) is 11.4 Å². The molecule has 0 bridgehead atoms. The number of nitrogens with one attached hydrogen (secondary N) is 1. The van der Waals surface area contributed by atoms with Gasteiger partial charge in [-0.05, 0) is 67.4 Å². The van der Waals surface area contributed by atoms with E-state index in [1.54, 1.807) is 42.5 Å². The van der Waals surface area contributed by atoms with Gasteiger partial charge in [0.2, 0.25) is 5.91 Å². The number of amides is 1. The van der Waals surface area contributed by atoms with Gasteiger partial charge in [0, 0.05) is 10.7 Å². The Morgan fingerprint density at radius 3 is 2.31 bits per heavy atom. The Labute approximate surface area is 176 Å². The lowest BCUT2D eigenvalue weighted by Crippen LogP contribution is -2.38. The molecule has 7 heteroatoms. The average Bonchev–Trinajstić information content (AvgIpc) is 2.69. The van der Waals surface area contributed by atoms with Crippen molar-refractivity contribution in [2.75, 3.05) is 16.2 Å². The maximum atomic E-state index is 13.2. The molecule has 0 radical (unpaired) electrons. The van der Waals surface area contributed by atoms with Crippen LogP contribution in [0.2, 0.25) is 5.02 Å². The van der Waals surface area contributed by atoms with Gasteiger partial charge in [0.05, 0.1) is 10.6 Å². The fourth-order valence-corrected chi connectivity index (χ4v) is 4.43. The smallest absolute Gasteiger partial charge is 0.264 e. The Morgan fingerprint density at radius 2 is 1.66 bits per heavy atom. The summed E-state index contributed by atoms with van der Waals surface area (Å²) in [5, 5.41) is 3.15. The van der Waals surface area contributed by atoms with E-state index < -0.39 is 15.9 Å². The third-order valence-electron chi connectivity index (χ3n) is 4.51. The first-order chi connectivity index (χ1) is 13.8. The summed E-state index contributed by atoms with van der Waals surface area (Å²) in [6.07, 6.45) is 0. The molecule has 3 aromatic rings. The van der Waals surface area contributed by atoms with Gasteiger partial charge >= 0.3 is 0 Å². The van der Waals surface area contributed by atoms with Crippen molar-refractivity contribution in [1.29, 1.82) is 0 Å². The highest BCUT2D eigenvalue weighted by Crippen LogP contribution is 2.26. The quantitative estimate of drug-likeness (QED) is 0.613. The summed E-state index contributed by atoms with van der Waals surface area (Å²) < 4.78 is 27.5. The summed E-state index contributed by atoms with van der Waals surface area (Å²) in [6, 6.07) is 20.0. The van der Waals surface area contributed by atoms with Crippen LogP contribution < -0.4 is 9.62 Å². The number of hydrogen-bond donors (Lipinski definition) is 1. The zero-order chi connectivity index (χ0) is 21.0. The van der Waals surface area contributed by atoms with E-state index in [2.05, 4.69) is 5.32 Å². The Kier molecular flexibility index (Phi) is 6.25. The third-order valence-corrected chi connectivity index (χ3v) is 6.53. The highest BCUT2D eigenvalue weighted by Gasteiger charge is 2.27. The lowest BCUT2D eigenvalue weighted by Gasteiger charge is -2.24. The molecule has 150 valence electrons. The van der Waals surface area contributed by atoms with E-state index in [4.69, 9.17) is 11.6 Å². The molecule has 0 heterocycles. The second-order valence-corrected chi connectivity index (χ2v) is 8.95. The molecule has 5 nitrogen and oxygen atoms in total. The maximum Gasteiger partial charge on any atom is 0.264 e. The van der Waals surface area contributed by atoms with Gasteiger partial charge in [-0.25, -0.2) is 8.42 Å². The summed E-state index contributed by atoms with van der Waals surface area (Å²) in [4.78, 5) is 12.8. The SMILES string of the molecule is Cc1ccc(NC(=O)CN(c2cccc(Cl)c2)S(=O)(=O)c2ccccc2)cc1C. The number of nitrogens with zero attached hydrogens (tertiary/aromatic N) is 1. The summed E-state index contributed by atoms with van der Waals surface area (Å²) in [6.45, 7) is 3.54. The van der Waals surface area contributed by atoms with Gasteiger partial charge in [0.15, 0.2) is 0 Å². The van der Waals surface area contributed by atoms with Gasteiger partial charge in [0.25, 0.3) is 10.0 Å². The molecule has 1 amide bonds. The van der Waals surface area contributed by atoms with Gasteiger partial charge in [-0.1, -0.05) is 41.9 Å². The number of benzene rings is 3. The number of carbonyl (C=O) groups is 1. The standard InChI is InChI=1S/C22H21ClN2O3S/c1-16-11-12-19(13-17(16)2)24-22(26)15-25(20-8-6-7-18(23)14-20)29(27,28)21-9-4-3-5-10-21/h3-14H,15H2,1-2H3,(H,24,26). The molecular formula is C22H21ClN2O3S. The van der Waals surface area contributed by atoms with E-state index in [1.807, 2.05) is 26.0 Å². The van der Waals surface area contributed by atoms with E-state index >= 15 is 0 Å². The summed E-state index contributed by atoms with van der Waals surface area (Å²) >= 11 is 6.06. The van der Waals surface area contributed by atoms with Gasteiger partial charge in [-0.3, -0.25) is 9.10 Å². The van der Waals surface area contributed by atoms with Gasteiger partial charge in [-0.2, -0.15) is 0 Å². The monoisotopic (exact) mass is 428 g/mol.